The highest BCUT2D eigenvalue weighted by Crippen LogP contribution is 2.26. The molecule has 0 radical (unpaired) electrons. The van der Waals surface area contributed by atoms with Crippen molar-refractivity contribution in [2.24, 2.45) is 12.8 Å². The number of nitrogens with two attached hydrogens (primary N) is 1. The van der Waals surface area contributed by atoms with Gasteiger partial charge < -0.3 is 10.3 Å². The molecule has 26 heavy (non-hydrogen) atoms. The zero-order chi connectivity index (χ0) is 19.6. The molecule has 1 aromatic heterocycles. The van der Waals surface area contributed by atoms with Gasteiger partial charge in [0.25, 0.3) is 17.7 Å². The molecule has 0 bridgehead atoms. The predicted octanol–water partition coefficient (Wildman–Crippen LogP) is 2.68. The molecule has 0 aliphatic rings. The Morgan fingerprint density at radius 3 is 2.65 bits per heavy atom. The van der Waals surface area contributed by atoms with Crippen molar-refractivity contribution in [3.05, 3.63) is 34.1 Å². The van der Waals surface area contributed by atoms with Gasteiger partial charge in [-0.1, -0.05) is 12.2 Å². The summed E-state index contributed by atoms with van der Waals surface area (Å²) in [5.41, 5.74) is 5.45. The Morgan fingerprint density at radius 2 is 2.15 bits per heavy atom. The normalized spacial score (nSPS) is 12.4. The summed E-state index contributed by atoms with van der Waals surface area (Å²) >= 11 is 7.95. The molecule has 0 amide bonds. The Kier molecular flexibility index (Phi) is 6.49. The number of rotatable bonds is 7. The summed E-state index contributed by atoms with van der Waals surface area (Å²) in [6, 6.07) is 2.14. The van der Waals surface area contributed by atoms with Crippen LogP contribution in [0.2, 0.25) is 0 Å². The number of nitrogens with zero attached hydrogens (tertiary/aromatic N) is 3. The van der Waals surface area contributed by atoms with Gasteiger partial charge in [0.15, 0.2) is 5.82 Å². The van der Waals surface area contributed by atoms with Gasteiger partial charge in [-0.3, -0.25) is 8.91 Å². The van der Waals surface area contributed by atoms with Crippen LogP contribution in [0.5, 0.6) is 0 Å². The first-order valence-electron chi connectivity index (χ1n) is 7.06. The lowest BCUT2D eigenvalue weighted by molar-refractivity contribution is 0.136. The number of nitrogens with one attached hydrogen (secondary N) is 1. The van der Waals surface area contributed by atoms with E-state index in [9.17, 15) is 17.4 Å². The van der Waals surface area contributed by atoms with Crippen LogP contribution in [0.3, 0.4) is 0 Å². The molecule has 3 N–H and O–H groups in total. The van der Waals surface area contributed by atoms with Gasteiger partial charge >= 0.3 is 0 Å². The Hall–Kier alpha value is -1.83. The summed E-state index contributed by atoms with van der Waals surface area (Å²) in [7, 11) is 1.29. The van der Waals surface area contributed by atoms with Crippen molar-refractivity contribution in [1.29, 1.82) is 0 Å². The minimum atomic E-state index is -2.90. The summed E-state index contributed by atoms with van der Waals surface area (Å²) in [6.45, 7) is 1.78. The third kappa shape index (κ3) is 4.11. The number of hydrogen-bond donors (Lipinski definition) is 2. The molecule has 2 aromatic rings. The standard InChI is InChI=1S/C13H14F3N5O2S3/c1-3-23-26(22)19-8-5-9(7(14)4-6(8)11(17)24)21-13(25)20(2)12(18-21)10(15)16/h4-5,10,19H,3H2,1-2H3,(H2,17,24). The summed E-state index contributed by atoms with van der Waals surface area (Å²) < 4.78 is 61.3. The van der Waals surface area contributed by atoms with E-state index >= 15 is 0 Å². The monoisotopic (exact) mass is 425 g/mol. The van der Waals surface area contributed by atoms with Crippen LogP contribution in [0, 0.1) is 10.6 Å². The van der Waals surface area contributed by atoms with Crippen molar-refractivity contribution < 1.29 is 21.6 Å². The van der Waals surface area contributed by atoms with Crippen molar-refractivity contribution in [1.82, 2.24) is 14.3 Å². The summed E-state index contributed by atoms with van der Waals surface area (Å²) in [5.74, 6) is -1.48. The van der Waals surface area contributed by atoms with E-state index in [1.807, 2.05) is 0 Å². The molecule has 0 saturated carbocycles. The van der Waals surface area contributed by atoms with Crippen LogP contribution < -0.4 is 10.5 Å². The van der Waals surface area contributed by atoms with Gasteiger partial charge in [-0.25, -0.2) is 22.1 Å². The Bertz CT molecular complexity index is 928. The molecule has 0 spiro atoms. The van der Waals surface area contributed by atoms with E-state index < -0.39 is 29.3 Å². The molecule has 2 rings (SSSR count). The van der Waals surface area contributed by atoms with E-state index in [2.05, 4.69) is 9.82 Å². The molecule has 0 aliphatic carbocycles. The van der Waals surface area contributed by atoms with Crippen LogP contribution >= 0.6 is 24.4 Å². The average molecular weight is 425 g/mol. The minimum absolute atomic E-state index is 0.0610. The molecule has 1 aromatic carbocycles. The van der Waals surface area contributed by atoms with Crippen molar-refractivity contribution >= 4 is 46.4 Å². The largest absolute Gasteiger partial charge is 0.389 e. The van der Waals surface area contributed by atoms with Gasteiger partial charge in [0, 0.05) is 12.6 Å². The zero-order valence-electron chi connectivity index (χ0n) is 13.5. The molecular formula is C13H14F3N5O2S3. The molecule has 0 aliphatic heterocycles. The Balaban J connectivity index is 2.64. The van der Waals surface area contributed by atoms with Crippen LogP contribution in [0.1, 0.15) is 24.7 Å². The summed E-state index contributed by atoms with van der Waals surface area (Å²) in [5, 5.41) is 3.66. The van der Waals surface area contributed by atoms with Gasteiger partial charge in [0.05, 0.1) is 12.3 Å². The number of anilines is 1. The average Bonchev–Trinajstić information content (AvgIpc) is 2.85. The highest BCUT2D eigenvalue weighted by Gasteiger charge is 2.21. The maximum atomic E-state index is 14.5. The van der Waals surface area contributed by atoms with E-state index in [-0.39, 0.29) is 33.3 Å². The molecule has 142 valence electrons. The van der Waals surface area contributed by atoms with E-state index in [0.717, 1.165) is 15.3 Å². The topological polar surface area (TPSA) is 87.1 Å². The predicted molar refractivity (Wildman–Crippen MR) is 97.6 cm³/mol. The minimum Gasteiger partial charge on any atom is -0.389 e. The van der Waals surface area contributed by atoms with Crippen LogP contribution in [0.15, 0.2) is 12.1 Å². The number of aromatic nitrogens is 3. The summed E-state index contributed by atoms with van der Waals surface area (Å²) in [6.07, 6.45) is -2.90. The van der Waals surface area contributed by atoms with Crippen molar-refractivity contribution in [3.8, 4) is 5.69 Å². The van der Waals surface area contributed by atoms with Crippen molar-refractivity contribution in [3.63, 3.8) is 0 Å². The van der Waals surface area contributed by atoms with Crippen LogP contribution in [-0.2, 0) is 22.5 Å². The molecule has 1 unspecified atom stereocenters. The lowest BCUT2D eigenvalue weighted by Crippen LogP contribution is -2.17. The van der Waals surface area contributed by atoms with Gasteiger partial charge in [-0.15, -0.1) is 5.10 Å². The maximum absolute atomic E-state index is 14.5. The number of alkyl halides is 2. The quantitative estimate of drug-likeness (QED) is 0.664. The molecular weight excluding hydrogens is 411 g/mol. The maximum Gasteiger partial charge on any atom is 0.297 e. The number of benzene rings is 1. The summed E-state index contributed by atoms with van der Waals surface area (Å²) in [4.78, 5) is -0.163. The first-order valence-corrected chi connectivity index (χ1v) is 8.96. The highest BCUT2D eigenvalue weighted by atomic mass is 32.2. The number of hydrogen-bond acceptors (Lipinski definition) is 5. The number of thiocarbonyl (C=S) groups is 1. The first-order chi connectivity index (χ1) is 12.2. The highest BCUT2D eigenvalue weighted by molar-refractivity contribution is 7.81. The van der Waals surface area contributed by atoms with E-state index in [4.69, 9.17) is 34.4 Å². The molecule has 13 heteroatoms. The van der Waals surface area contributed by atoms with Gasteiger partial charge in [0.1, 0.15) is 16.5 Å². The first kappa shape index (κ1) is 20.5. The lowest BCUT2D eigenvalue weighted by atomic mass is 10.1. The smallest absolute Gasteiger partial charge is 0.297 e. The van der Waals surface area contributed by atoms with E-state index in [0.29, 0.717) is 0 Å². The van der Waals surface area contributed by atoms with Gasteiger partial charge in [-0.2, -0.15) is 0 Å². The second kappa shape index (κ2) is 8.24. The molecule has 1 heterocycles. The van der Waals surface area contributed by atoms with Crippen molar-refractivity contribution in [2.75, 3.05) is 11.3 Å². The van der Waals surface area contributed by atoms with Gasteiger partial charge in [-0.05, 0) is 31.3 Å². The Morgan fingerprint density at radius 1 is 1.50 bits per heavy atom. The van der Waals surface area contributed by atoms with Crippen molar-refractivity contribution in [2.45, 2.75) is 13.3 Å². The SMILES string of the molecule is CCOS(=O)Nc1cc(-n2nc(C(F)F)n(C)c2=S)c(F)cc1C(N)=S. The fraction of sp³-hybridized carbons (Fsp3) is 0.308. The third-order valence-corrected chi connectivity index (χ3v) is 4.71. The molecule has 0 saturated heterocycles. The zero-order valence-corrected chi connectivity index (χ0v) is 16.0. The van der Waals surface area contributed by atoms with Crippen LogP contribution in [0.4, 0.5) is 18.9 Å². The molecule has 0 fully saturated rings. The molecule has 1 atom stereocenters. The van der Waals surface area contributed by atoms with Crippen LogP contribution in [0.25, 0.3) is 5.69 Å². The fourth-order valence-electron chi connectivity index (χ4n) is 2.04. The van der Waals surface area contributed by atoms with E-state index in [1.54, 1.807) is 6.92 Å². The second-order valence-corrected chi connectivity index (χ2v) is 6.58. The van der Waals surface area contributed by atoms with Crippen LogP contribution in [-0.4, -0.2) is 30.2 Å². The third-order valence-electron chi connectivity index (χ3n) is 3.21. The second-order valence-electron chi connectivity index (χ2n) is 4.87. The van der Waals surface area contributed by atoms with Gasteiger partial charge in [0.2, 0.25) is 4.77 Å². The molecule has 7 nitrogen and oxygen atoms in total. The fourth-order valence-corrected chi connectivity index (χ4v) is 3.06. The lowest BCUT2D eigenvalue weighted by Gasteiger charge is -2.13. The Labute approximate surface area is 159 Å². The number of halogens is 3. The van der Waals surface area contributed by atoms with E-state index in [1.165, 1.54) is 13.1 Å².